The van der Waals surface area contributed by atoms with Gasteiger partial charge >= 0.3 is 5.97 Å². The van der Waals surface area contributed by atoms with Gasteiger partial charge in [0.1, 0.15) is 0 Å². The van der Waals surface area contributed by atoms with E-state index in [1.165, 1.54) is 0 Å². The van der Waals surface area contributed by atoms with Crippen LogP contribution in [0.2, 0.25) is 0 Å². The van der Waals surface area contributed by atoms with Gasteiger partial charge in [0.15, 0.2) is 0 Å². The predicted molar refractivity (Wildman–Crippen MR) is 71.8 cm³/mol. The highest BCUT2D eigenvalue weighted by Gasteiger charge is 2.27. The van der Waals surface area contributed by atoms with E-state index in [2.05, 4.69) is 5.32 Å². The maximum atomic E-state index is 11.8. The second-order valence-corrected chi connectivity index (χ2v) is 6.29. The fourth-order valence-electron chi connectivity index (χ4n) is 2.14. The molecule has 0 spiro atoms. The maximum absolute atomic E-state index is 11.8. The van der Waals surface area contributed by atoms with Gasteiger partial charge in [0.2, 0.25) is 5.91 Å². The molecule has 1 unspecified atom stereocenters. The molecule has 0 aromatic carbocycles. The SMILES string of the molecule is CC(C)(C)C(=O)NCC(CC1CCOCC1)C(=O)O. The largest absolute Gasteiger partial charge is 0.481 e. The highest BCUT2D eigenvalue weighted by molar-refractivity contribution is 5.82. The highest BCUT2D eigenvalue weighted by atomic mass is 16.5. The lowest BCUT2D eigenvalue weighted by Crippen LogP contribution is -2.40. The van der Waals surface area contributed by atoms with Crippen LogP contribution >= 0.6 is 0 Å². The van der Waals surface area contributed by atoms with Gasteiger partial charge in [0.05, 0.1) is 5.92 Å². The molecule has 0 radical (unpaired) electrons. The molecule has 1 atom stereocenters. The normalized spacial score (nSPS) is 18.9. The summed E-state index contributed by atoms with van der Waals surface area (Å²) in [7, 11) is 0. The number of ether oxygens (including phenoxy) is 1. The summed E-state index contributed by atoms with van der Waals surface area (Å²) < 4.78 is 5.27. The van der Waals surface area contributed by atoms with Crippen molar-refractivity contribution in [3.8, 4) is 0 Å². The van der Waals surface area contributed by atoms with Crippen molar-refractivity contribution < 1.29 is 19.4 Å². The minimum Gasteiger partial charge on any atom is -0.481 e. The zero-order valence-corrected chi connectivity index (χ0v) is 12.1. The first-order valence-corrected chi connectivity index (χ1v) is 6.89. The van der Waals surface area contributed by atoms with Crippen molar-refractivity contribution in [1.29, 1.82) is 0 Å². The van der Waals surface area contributed by atoms with Gasteiger partial charge in [0, 0.05) is 25.2 Å². The monoisotopic (exact) mass is 271 g/mol. The van der Waals surface area contributed by atoms with Gasteiger partial charge in [-0.25, -0.2) is 0 Å². The Bertz CT molecular complexity index is 316. The van der Waals surface area contributed by atoms with Crippen molar-refractivity contribution in [2.75, 3.05) is 19.8 Å². The molecule has 5 nitrogen and oxygen atoms in total. The molecular formula is C14H25NO4. The van der Waals surface area contributed by atoms with Crippen molar-refractivity contribution in [1.82, 2.24) is 5.32 Å². The lowest BCUT2D eigenvalue weighted by Gasteiger charge is -2.26. The molecule has 0 aromatic rings. The molecule has 0 bridgehead atoms. The fraction of sp³-hybridized carbons (Fsp3) is 0.857. The van der Waals surface area contributed by atoms with Gasteiger partial charge in [0.25, 0.3) is 0 Å². The Morgan fingerprint density at radius 1 is 1.32 bits per heavy atom. The molecule has 1 heterocycles. The Morgan fingerprint density at radius 2 is 1.89 bits per heavy atom. The topological polar surface area (TPSA) is 75.6 Å². The minimum absolute atomic E-state index is 0.106. The van der Waals surface area contributed by atoms with Crippen LogP contribution in [0, 0.1) is 17.3 Å². The van der Waals surface area contributed by atoms with Crippen LogP contribution in [0.15, 0.2) is 0 Å². The van der Waals surface area contributed by atoms with E-state index in [4.69, 9.17) is 4.74 Å². The minimum atomic E-state index is -0.833. The summed E-state index contributed by atoms with van der Waals surface area (Å²) in [4.78, 5) is 23.0. The van der Waals surface area contributed by atoms with Gasteiger partial charge in [-0.1, -0.05) is 20.8 Å². The molecule has 1 saturated heterocycles. The van der Waals surface area contributed by atoms with Crippen LogP contribution in [-0.2, 0) is 14.3 Å². The van der Waals surface area contributed by atoms with E-state index >= 15 is 0 Å². The zero-order valence-electron chi connectivity index (χ0n) is 12.1. The third-order valence-electron chi connectivity index (χ3n) is 3.50. The van der Waals surface area contributed by atoms with E-state index < -0.39 is 17.3 Å². The van der Waals surface area contributed by atoms with Crippen molar-refractivity contribution in [3.05, 3.63) is 0 Å². The van der Waals surface area contributed by atoms with E-state index in [9.17, 15) is 14.7 Å². The highest BCUT2D eigenvalue weighted by Crippen LogP contribution is 2.23. The van der Waals surface area contributed by atoms with Crippen LogP contribution in [-0.4, -0.2) is 36.7 Å². The molecule has 1 fully saturated rings. The fourth-order valence-corrected chi connectivity index (χ4v) is 2.14. The maximum Gasteiger partial charge on any atom is 0.308 e. The third-order valence-corrected chi connectivity index (χ3v) is 3.50. The summed E-state index contributed by atoms with van der Waals surface area (Å²) >= 11 is 0. The quantitative estimate of drug-likeness (QED) is 0.797. The van der Waals surface area contributed by atoms with E-state index in [0.29, 0.717) is 25.6 Å². The Kier molecular flexibility index (Phi) is 5.79. The molecule has 5 heteroatoms. The lowest BCUT2D eigenvalue weighted by molar-refractivity contribution is -0.142. The predicted octanol–water partition coefficient (Wildman–Crippen LogP) is 1.67. The summed E-state index contributed by atoms with van der Waals surface area (Å²) in [5.41, 5.74) is -0.484. The molecule has 1 amide bonds. The smallest absolute Gasteiger partial charge is 0.308 e. The first kappa shape index (κ1) is 16.0. The Hall–Kier alpha value is -1.10. The standard InChI is InChI=1S/C14H25NO4/c1-14(2,3)13(18)15-9-11(12(16)17)8-10-4-6-19-7-5-10/h10-11H,4-9H2,1-3H3,(H,15,18)(H,16,17). The molecule has 0 saturated carbocycles. The summed E-state index contributed by atoms with van der Waals surface area (Å²) in [6.07, 6.45) is 2.44. The molecule has 19 heavy (non-hydrogen) atoms. The first-order valence-electron chi connectivity index (χ1n) is 6.89. The molecule has 1 rings (SSSR count). The van der Waals surface area contributed by atoms with Crippen LogP contribution in [0.3, 0.4) is 0 Å². The van der Waals surface area contributed by atoms with Crippen LogP contribution in [0.4, 0.5) is 0 Å². The average Bonchev–Trinajstić information content (AvgIpc) is 2.33. The van der Waals surface area contributed by atoms with Gasteiger partial charge in [-0.2, -0.15) is 0 Å². The van der Waals surface area contributed by atoms with Crippen LogP contribution in [0.5, 0.6) is 0 Å². The molecule has 0 aromatic heterocycles. The molecule has 0 aliphatic carbocycles. The Balaban J connectivity index is 2.44. The summed E-state index contributed by atoms with van der Waals surface area (Å²) in [6, 6.07) is 0. The van der Waals surface area contributed by atoms with Crippen LogP contribution in [0.25, 0.3) is 0 Å². The molecule has 2 N–H and O–H groups in total. The number of carboxylic acids is 1. The number of carbonyl (C=O) groups is 2. The number of rotatable bonds is 5. The second kappa shape index (κ2) is 6.89. The second-order valence-electron chi connectivity index (χ2n) is 6.29. The van der Waals surface area contributed by atoms with Gasteiger partial charge in [-0.3, -0.25) is 9.59 Å². The molecule has 1 aliphatic rings. The van der Waals surface area contributed by atoms with Gasteiger partial charge < -0.3 is 15.2 Å². The van der Waals surface area contributed by atoms with Crippen molar-refractivity contribution >= 4 is 11.9 Å². The van der Waals surface area contributed by atoms with E-state index in [1.807, 2.05) is 20.8 Å². The number of hydrogen-bond donors (Lipinski definition) is 2. The van der Waals surface area contributed by atoms with Crippen LogP contribution < -0.4 is 5.32 Å². The summed E-state index contributed by atoms with van der Waals surface area (Å²) in [5, 5.41) is 12.0. The van der Waals surface area contributed by atoms with Crippen molar-refractivity contribution in [2.45, 2.75) is 40.0 Å². The molecular weight excluding hydrogens is 246 g/mol. The van der Waals surface area contributed by atoms with E-state index in [-0.39, 0.29) is 12.5 Å². The number of aliphatic carboxylic acids is 1. The first-order chi connectivity index (χ1) is 8.80. The Morgan fingerprint density at radius 3 is 2.37 bits per heavy atom. The number of amides is 1. The molecule has 110 valence electrons. The molecule has 1 aliphatic heterocycles. The third kappa shape index (κ3) is 5.59. The number of carbonyl (C=O) groups excluding carboxylic acids is 1. The number of hydrogen-bond acceptors (Lipinski definition) is 3. The zero-order chi connectivity index (χ0) is 14.5. The van der Waals surface area contributed by atoms with Gasteiger partial charge in [-0.15, -0.1) is 0 Å². The van der Waals surface area contributed by atoms with Crippen molar-refractivity contribution in [3.63, 3.8) is 0 Å². The Labute approximate surface area is 114 Å². The number of carboxylic acid groups (broad SMARTS) is 1. The summed E-state index contributed by atoms with van der Waals surface area (Å²) in [5.74, 6) is -1.05. The number of nitrogens with one attached hydrogen (secondary N) is 1. The van der Waals surface area contributed by atoms with Crippen LogP contribution in [0.1, 0.15) is 40.0 Å². The van der Waals surface area contributed by atoms with E-state index in [1.54, 1.807) is 0 Å². The van der Waals surface area contributed by atoms with Gasteiger partial charge in [-0.05, 0) is 25.2 Å². The lowest BCUT2D eigenvalue weighted by atomic mass is 9.88. The van der Waals surface area contributed by atoms with E-state index in [0.717, 1.165) is 12.8 Å². The average molecular weight is 271 g/mol. The summed E-state index contributed by atoms with van der Waals surface area (Å²) in [6.45, 7) is 7.09. The van der Waals surface area contributed by atoms with Crippen molar-refractivity contribution in [2.24, 2.45) is 17.3 Å².